The van der Waals surface area contributed by atoms with Crippen molar-refractivity contribution < 1.29 is 24.9 Å². The lowest BCUT2D eigenvalue weighted by molar-refractivity contribution is -0.138. The van der Waals surface area contributed by atoms with Gasteiger partial charge in [-0.05, 0) is 44.8 Å². The van der Waals surface area contributed by atoms with Crippen LogP contribution in [-0.4, -0.2) is 44.9 Å². The van der Waals surface area contributed by atoms with Crippen molar-refractivity contribution in [3.8, 4) is 0 Å². The summed E-state index contributed by atoms with van der Waals surface area (Å²) in [7, 11) is 0. The van der Waals surface area contributed by atoms with Crippen LogP contribution in [0.1, 0.15) is 51.4 Å². The SMILES string of the molecule is CS[C@H](/C=C/C=C/C=C\C/C=C\CCCCC(=O)O)[C@@H](O)CCCC(=O)O. The average molecular weight is 397 g/mol. The fourth-order valence-corrected chi connectivity index (χ4v) is 2.98. The third-order valence-electron chi connectivity index (χ3n) is 3.76. The van der Waals surface area contributed by atoms with Crippen LogP contribution in [-0.2, 0) is 9.59 Å². The summed E-state index contributed by atoms with van der Waals surface area (Å²) in [6.45, 7) is 0. The molecule has 0 aliphatic heterocycles. The Morgan fingerprint density at radius 2 is 1.56 bits per heavy atom. The fourth-order valence-electron chi connectivity index (χ4n) is 2.28. The van der Waals surface area contributed by atoms with Gasteiger partial charge in [-0.25, -0.2) is 0 Å². The molecular weight excluding hydrogens is 364 g/mol. The van der Waals surface area contributed by atoms with Gasteiger partial charge in [-0.2, -0.15) is 11.8 Å². The first-order valence-corrected chi connectivity index (χ1v) is 10.6. The van der Waals surface area contributed by atoms with Gasteiger partial charge in [0.15, 0.2) is 0 Å². The van der Waals surface area contributed by atoms with E-state index < -0.39 is 18.0 Å². The van der Waals surface area contributed by atoms with Gasteiger partial charge in [0.2, 0.25) is 0 Å². The van der Waals surface area contributed by atoms with Crippen molar-refractivity contribution in [3.05, 3.63) is 48.6 Å². The first-order valence-electron chi connectivity index (χ1n) is 9.26. The minimum absolute atomic E-state index is 0.0449. The molecule has 27 heavy (non-hydrogen) atoms. The third-order valence-corrected chi connectivity index (χ3v) is 4.78. The molecule has 0 radical (unpaired) electrons. The Morgan fingerprint density at radius 1 is 0.889 bits per heavy atom. The van der Waals surface area contributed by atoms with E-state index in [2.05, 4.69) is 12.2 Å². The summed E-state index contributed by atoms with van der Waals surface area (Å²) in [5, 5.41) is 27.2. The second-order valence-electron chi connectivity index (χ2n) is 6.10. The van der Waals surface area contributed by atoms with E-state index in [1.807, 2.05) is 42.7 Å². The molecule has 0 fully saturated rings. The minimum atomic E-state index is -0.832. The van der Waals surface area contributed by atoms with Gasteiger partial charge in [0.05, 0.1) is 6.10 Å². The molecule has 0 saturated carbocycles. The van der Waals surface area contributed by atoms with Crippen LogP contribution in [0.2, 0.25) is 0 Å². The number of hydrogen-bond acceptors (Lipinski definition) is 4. The summed E-state index contributed by atoms with van der Waals surface area (Å²) < 4.78 is 0. The summed E-state index contributed by atoms with van der Waals surface area (Å²) in [5.41, 5.74) is 0. The Kier molecular flexibility index (Phi) is 16.4. The number of carboxylic acids is 2. The molecule has 0 aliphatic rings. The number of aliphatic hydroxyl groups is 1. The quantitative estimate of drug-likeness (QED) is 0.201. The lowest BCUT2D eigenvalue weighted by atomic mass is 10.1. The molecule has 3 N–H and O–H groups in total. The molecule has 0 aromatic rings. The molecule has 0 rings (SSSR count). The number of carbonyl (C=O) groups is 2. The molecule has 0 aromatic heterocycles. The Morgan fingerprint density at radius 3 is 2.22 bits per heavy atom. The molecule has 5 nitrogen and oxygen atoms in total. The highest BCUT2D eigenvalue weighted by Crippen LogP contribution is 2.17. The fraction of sp³-hybridized carbons (Fsp3) is 0.524. The molecule has 2 atom stereocenters. The van der Waals surface area contributed by atoms with Crippen molar-refractivity contribution in [2.45, 2.75) is 62.7 Å². The van der Waals surface area contributed by atoms with Gasteiger partial charge < -0.3 is 15.3 Å². The second-order valence-corrected chi connectivity index (χ2v) is 7.11. The molecular formula is C21H32O5S. The molecule has 0 aliphatic carbocycles. The van der Waals surface area contributed by atoms with E-state index in [0.717, 1.165) is 25.7 Å². The van der Waals surface area contributed by atoms with E-state index in [4.69, 9.17) is 10.2 Å². The van der Waals surface area contributed by atoms with Crippen molar-refractivity contribution in [3.63, 3.8) is 0 Å². The normalized spacial score (nSPS) is 14.6. The summed E-state index contributed by atoms with van der Waals surface area (Å²) in [5.74, 6) is -1.57. The highest BCUT2D eigenvalue weighted by atomic mass is 32.2. The molecule has 0 aromatic carbocycles. The van der Waals surface area contributed by atoms with Gasteiger partial charge in [0.25, 0.3) is 0 Å². The van der Waals surface area contributed by atoms with E-state index in [-0.39, 0.29) is 18.1 Å². The van der Waals surface area contributed by atoms with Gasteiger partial charge in [-0.3, -0.25) is 9.59 Å². The number of aliphatic hydroxyl groups excluding tert-OH is 1. The van der Waals surface area contributed by atoms with Crippen molar-refractivity contribution in [2.75, 3.05) is 6.26 Å². The van der Waals surface area contributed by atoms with Crippen LogP contribution in [0.3, 0.4) is 0 Å². The predicted octanol–water partition coefficient (Wildman–Crippen LogP) is 4.59. The van der Waals surface area contributed by atoms with Gasteiger partial charge in [0.1, 0.15) is 0 Å². The lowest BCUT2D eigenvalue weighted by Crippen LogP contribution is -2.21. The first-order chi connectivity index (χ1) is 13.0. The molecule has 0 bridgehead atoms. The summed E-state index contributed by atoms with van der Waals surface area (Å²) >= 11 is 1.54. The average Bonchev–Trinajstić information content (AvgIpc) is 2.61. The number of hydrogen-bond donors (Lipinski definition) is 3. The van der Waals surface area contributed by atoms with E-state index in [0.29, 0.717) is 12.8 Å². The van der Waals surface area contributed by atoms with E-state index >= 15 is 0 Å². The number of carboxylic acid groups (broad SMARTS) is 2. The van der Waals surface area contributed by atoms with Crippen molar-refractivity contribution >= 4 is 23.7 Å². The van der Waals surface area contributed by atoms with Crippen LogP contribution < -0.4 is 0 Å². The van der Waals surface area contributed by atoms with Gasteiger partial charge in [0, 0.05) is 18.1 Å². The van der Waals surface area contributed by atoms with Crippen molar-refractivity contribution in [1.29, 1.82) is 0 Å². The number of thioether (sulfide) groups is 1. The summed E-state index contributed by atoms with van der Waals surface area (Å²) in [6.07, 6.45) is 21.8. The zero-order chi connectivity index (χ0) is 20.3. The van der Waals surface area contributed by atoms with Crippen LogP contribution in [0.4, 0.5) is 0 Å². The van der Waals surface area contributed by atoms with Gasteiger partial charge in [-0.15, -0.1) is 0 Å². The number of allylic oxidation sites excluding steroid dienone is 7. The highest BCUT2D eigenvalue weighted by molar-refractivity contribution is 7.99. The molecule has 0 unspecified atom stereocenters. The zero-order valence-electron chi connectivity index (χ0n) is 16.0. The number of aliphatic carboxylic acids is 2. The maximum atomic E-state index is 10.5. The maximum Gasteiger partial charge on any atom is 0.303 e. The molecule has 0 heterocycles. The molecule has 0 amide bonds. The Hall–Kier alpha value is -1.79. The second kappa shape index (κ2) is 17.6. The highest BCUT2D eigenvalue weighted by Gasteiger charge is 2.14. The first kappa shape index (κ1) is 25.2. The van der Waals surface area contributed by atoms with Crippen LogP contribution in [0.25, 0.3) is 0 Å². The summed E-state index contributed by atoms with van der Waals surface area (Å²) in [4.78, 5) is 20.9. The number of rotatable bonds is 16. The Bertz CT molecular complexity index is 523. The molecule has 0 spiro atoms. The van der Waals surface area contributed by atoms with Gasteiger partial charge >= 0.3 is 11.9 Å². The largest absolute Gasteiger partial charge is 0.481 e. The molecule has 152 valence electrons. The standard InChI is InChI=1S/C21H32O5S/c1-27-19(18(22)14-13-17-21(25)26)15-11-9-7-5-3-2-4-6-8-10-12-16-20(23)24/h3-7,9,11,15,18-19,22H,2,8,10,12-14,16-17H2,1H3,(H,23,24)(H,25,26)/b5-3-,6-4-,9-7+,15-11+/t18-,19+/m0/s1. The van der Waals surface area contributed by atoms with Crippen molar-refractivity contribution in [2.24, 2.45) is 0 Å². The van der Waals surface area contributed by atoms with Gasteiger partial charge in [-0.1, -0.05) is 48.6 Å². The lowest BCUT2D eigenvalue weighted by Gasteiger charge is -2.17. The minimum Gasteiger partial charge on any atom is -0.481 e. The number of unbranched alkanes of at least 4 members (excludes halogenated alkanes) is 2. The zero-order valence-corrected chi connectivity index (χ0v) is 16.8. The Labute approximate surface area is 166 Å². The smallest absolute Gasteiger partial charge is 0.303 e. The Balaban J connectivity index is 3.94. The van der Waals surface area contributed by atoms with E-state index in [1.165, 1.54) is 0 Å². The topological polar surface area (TPSA) is 94.8 Å². The van der Waals surface area contributed by atoms with Crippen LogP contribution in [0.15, 0.2) is 48.6 Å². The van der Waals surface area contributed by atoms with E-state index in [9.17, 15) is 14.7 Å². The van der Waals surface area contributed by atoms with Crippen LogP contribution in [0.5, 0.6) is 0 Å². The summed E-state index contributed by atoms with van der Waals surface area (Å²) in [6, 6.07) is 0. The monoisotopic (exact) mass is 396 g/mol. The molecule has 6 heteroatoms. The van der Waals surface area contributed by atoms with Crippen LogP contribution >= 0.6 is 11.8 Å². The third kappa shape index (κ3) is 17.4. The maximum absolute atomic E-state index is 10.5. The van der Waals surface area contributed by atoms with E-state index in [1.54, 1.807) is 11.8 Å². The van der Waals surface area contributed by atoms with Crippen molar-refractivity contribution in [1.82, 2.24) is 0 Å². The molecule has 0 saturated heterocycles. The predicted molar refractivity (Wildman–Crippen MR) is 112 cm³/mol. The van der Waals surface area contributed by atoms with Crippen LogP contribution in [0, 0.1) is 0 Å².